The zero-order valence-electron chi connectivity index (χ0n) is 21.5. The fourth-order valence-corrected chi connectivity index (χ4v) is 3.23. The average Bonchev–Trinajstić information content (AvgIpc) is 2.95. The number of carbonyl (C=O) groups is 3. The second-order valence-electron chi connectivity index (χ2n) is 7.65. The smallest absolute Gasteiger partial charge is 0.343 e. The van der Waals surface area contributed by atoms with E-state index in [1.165, 1.54) is 40.6 Å². The number of nitrogens with zero attached hydrogens (tertiary/aromatic N) is 1. The quantitative estimate of drug-likeness (QED) is 0.144. The van der Waals surface area contributed by atoms with Crippen LogP contribution in [-0.4, -0.2) is 51.9 Å². The van der Waals surface area contributed by atoms with Crippen LogP contribution in [0.25, 0.3) is 0 Å². The third kappa shape index (κ3) is 6.78. The van der Waals surface area contributed by atoms with E-state index in [9.17, 15) is 14.4 Å². The van der Waals surface area contributed by atoms with Crippen molar-refractivity contribution in [1.29, 1.82) is 0 Å². The summed E-state index contributed by atoms with van der Waals surface area (Å²) in [7, 11) is 5.84. The van der Waals surface area contributed by atoms with Gasteiger partial charge in [0.1, 0.15) is 17.2 Å². The first-order valence-electron chi connectivity index (χ1n) is 11.2. The molecule has 0 aliphatic heterocycles. The number of nitrogens with one attached hydrogen (secondary N) is 2. The van der Waals surface area contributed by atoms with Gasteiger partial charge in [-0.3, -0.25) is 9.59 Å². The van der Waals surface area contributed by atoms with Gasteiger partial charge in [0, 0.05) is 11.6 Å². The van der Waals surface area contributed by atoms with Gasteiger partial charge in [-0.2, -0.15) is 5.10 Å². The molecule has 0 aliphatic rings. The first-order chi connectivity index (χ1) is 18.3. The Hall–Kier alpha value is -5.06. The largest absolute Gasteiger partial charge is 0.497 e. The van der Waals surface area contributed by atoms with Crippen molar-refractivity contribution in [1.82, 2.24) is 5.43 Å². The van der Waals surface area contributed by atoms with Crippen molar-refractivity contribution in [3.05, 3.63) is 71.8 Å². The van der Waals surface area contributed by atoms with E-state index < -0.39 is 17.8 Å². The van der Waals surface area contributed by atoms with Crippen molar-refractivity contribution in [3.8, 4) is 28.7 Å². The van der Waals surface area contributed by atoms with Crippen LogP contribution in [0.2, 0.25) is 0 Å². The van der Waals surface area contributed by atoms with Gasteiger partial charge in [0.15, 0.2) is 11.5 Å². The maximum absolute atomic E-state index is 12.6. The number of anilines is 1. The summed E-state index contributed by atoms with van der Waals surface area (Å²) in [6.07, 6.45) is 0. The zero-order valence-corrected chi connectivity index (χ0v) is 21.5. The van der Waals surface area contributed by atoms with E-state index in [0.717, 1.165) is 0 Å². The van der Waals surface area contributed by atoms with Crippen molar-refractivity contribution in [2.45, 2.75) is 6.92 Å². The summed E-state index contributed by atoms with van der Waals surface area (Å²) in [6, 6.07) is 16.1. The molecule has 198 valence electrons. The van der Waals surface area contributed by atoms with Crippen LogP contribution >= 0.6 is 0 Å². The normalized spacial score (nSPS) is 10.7. The van der Waals surface area contributed by atoms with Crippen LogP contribution < -0.4 is 34.4 Å². The molecule has 0 radical (unpaired) electrons. The van der Waals surface area contributed by atoms with Crippen molar-refractivity contribution in [3.63, 3.8) is 0 Å². The Morgan fingerprint density at radius 3 is 2.05 bits per heavy atom. The highest BCUT2D eigenvalue weighted by Crippen LogP contribution is 2.30. The molecule has 3 aromatic rings. The molecule has 11 heteroatoms. The summed E-state index contributed by atoms with van der Waals surface area (Å²) in [5.41, 5.74) is 3.70. The van der Waals surface area contributed by atoms with Crippen LogP contribution in [0.15, 0.2) is 65.8 Å². The molecule has 0 atom stereocenters. The van der Waals surface area contributed by atoms with Crippen molar-refractivity contribution in [2.24, 2.45) is 5.10 Å². The highest BCUT2D eigenvalue weighted by atomic mass is 16.6. The fraction of sp³-hybridized carbons (Fsp3) is 0.185. The molecule has 0 aliphatic carbocycles. The SMILES string of the molecule is COc1cccc(C(=O)Oc2ccc(/C(C)=N/NC(=O)C(=O)Nc3cc(OC)ccc3OC)cc2OC)c1. The molecule has 0 saturated heterocycles. The molecule has 11 nitrogen and oxygen atoms in total. The number of amides is 2. The van der Waals surface area contributed by atoms with Crippen molar-refractivity contribution in [2.75, 3.05) is 33.8 Å². The molecule has 0 bridgehead atoms. The summed E-state index contributed by atoms with van der Waals surface area (Å²) in [5, 5.41) is 6.45. The number of esters is 1. The lowest BCUT2D eigenvalue weighted by Gasteiger charge is -2.12. The van der Waals surface area contributed by atoms with Crippen molar-refractivity contribution >= 4 is 29.2 Å². The third-order valence-corrected chi connectivity index (χ3v) is 5.28. The van der Waals surface area contributed by atoms with E-state index >= 15 is 0 Å². The lowest BCUT2D eigenvalue weighted by atomic mass is 10.1. The Bertz CT molecular complexity index is 1370. The summed E-state index contributed by atoms with van der Waals surface area (Å²) in [4.78, 5) is 37.3. The summed E-state index contributed by atoms with van der Waals surface area (Å²) >= 11 is 0. The standard InChI is InChI=1S/C27H27N3O8/c1-16(29-30-26(32)25(31)28-21-15-20(35-3)10-12-22(21)36-4)17-9-11-23(24(14-17)37-5)38-27(33)18-7-6-8-19(13-18)34-2/h6-15H,1-5H3,(H,28,31)(H,30,32)/b29-16+. The van der Waals surface area contributed by atoms with Gasteiger partial charge in [0.25, 0.3) is 0 Å². The monoisotopic (exact) mass is 521 g/mol. The Balaban J connectivity index is 1.68. The Kier molecular flexibility index (Phi) is 9.25. The molecule has 3 rings (SSSR count). The highest BCUT2D eigenvalue weighted by molar-refractivity contribution is 6.39. The maximum Gasteiger partial charge on any atom is 0.343 e. The molecule has 2 amide bonds. The topological polar surface area (TPSA) is 134 Å². The third-order valence-electron chi connectivity index (χ3n) is 5.28. The van der Waals surface area contributed by atoms with Crippen LogP contribution in [0.5, 0.6) is 28.7 Å². The molecule has 0 spiro atoms. The number of ether oxygens (including phenoxy) is 5. The lowest BCUT2D eigenvalue weighted by molar-refractivity contribution is -0.136. The lowest BCUT2D eigenvalue weighted by Crippen LogP contribution is -2.33. The molecule has 0 heterocycles. The van der Waals surface area contributed by atoms with E-state index in [1.54, 1.807) is 55.5 Å². The van der Waals surface area contributed by atoms with Gasteiger partial charge in [0.2, 0.25) is 0 Å². The number of hydrazone groups is 1. The van der Waals surface area contributed by atoms with Gasteiger partial charge in [-0.25, -0.2) is 10.2 Å². The number of methoxy groups -OCH3 is 4. The van der Waals surface area contributed by atoms with E-state index in [1.807, 2.05) is 0 Å². The molecule has 0 saturated carbocycles. The number of hydrogen-bond donors (Lipinski definition) is 2. The van der Waals surface area contributed by atoms with Crippen molar-refractivity contribution < 1.29 is 38.1 Å². The van der Waals surface area contributed by atoms with E-state index in [0.29, 0.717) is 34.1 Å². The summed E-state index contributed by atoms with van der Waals surface area (Å²) < 4.78 is 26.3. The Morgan fingerprint density at radius 1 is 0.684 bits per heavy atom. The minimum atomic E-state index is -0.995. The zero-order chi connectivity index (χ0) is 27.7. The van der Waals surface area contributed by atoms with E-state index in [-0.39, 0.29) is 17.2 Å². The second-order valence-corrected chi connectivity index (χ2v) is 7.65. The molecule has 3 aromatic carbocycles. The molecular formula is C27H27N3O8. The highest BCUT2D eigenvalue weighted by Gasteiger charge is 2.17. The molecular weight excluding hydrogens is 494 g/mol. The minimum Gasteiger partial charge on any atom is -0.497 e. The Morgan fingerprint density at radius 2 is 1.37 bits per heavy atom. The summed E-state index contributed by atoms with van der Waals surface area (Å²) in [6.45, 7) is 1.62. The number of benzene rings is 3. The molecule has 0 unspecified atom stereocenters. The summed E-state index contributed by atoms with van der Waals surface area (Å²) in [5.74, 6) is -0.739. The molecule has 2 N–H and O–H groups in total. The van der Waals surface area contributed by atoms with Crippen LogP contribution in [0.3, 0.4) is 0 Å². The van der Waals surface area contributed by atoms with Crippen LogP contribution in [0.1, 0.15) is 22.8 Å². The molecule has 0 fully saturated rings. The van der Waals surface area contributed by atoms with Crippen LogP contribution in [0.4, 0.5) is 5.69 Å². The average molecular weight is 522 g/mol. The van der Waals surface area contributed by atoms with Gasteiger partial charge in [-0.15, -0.1) is 0 Å². The second kappa shape index (κ2) is 12.8. The number of rotatable bonds is 9. The van der Waals surface area contributed by atoms with Gasteiger partial charge >= 0.3 is 17.8 Å². The van der Waals surface area contributed by atoms with Gasteiger partial charge in [-0.1, -0.05) is 6.07 Å². The predicted molar refractivity (Wildman–Crippen MR) is 139 cm³/mol. The predicted octanol–water partition coefficient (Wildman–Crippen LogP) is 3.42. The fourth-order valence-electron chi connectivity index (χ4n) is 3.23. The van der Waals surface area contributed by atoms with Gasteiger partial charge < -0.3 is 29.0 Å². The first kappa shape index (κ1) is 27.5. The first-order valence-corrected chi connectivity index (χ1v) is 11.2. The van der Waals surface area contributed by atoms with Gasteiger partial charge in [0.05, 0.1) is 45.4 Å². The maximum atomic E-state index is 12.6. The van der Waals surface area contributed by atoms with Gasteiger partial charge in [-0.05, 0) is 55.5 Å². The number of carbonyl (C=O) groups excluding carboxylic acids is 3. The minimum absolute atomic E-state index is 0.188. The Labute approximate surface area is 219 Å². The number of hydrogen-bond acceptors (Lipinski definition) is 9. The van der Waals surface area contributed by atoms with E-state index in [4.69, 9.17) is 23.7 Å². The van der Waals surface area contributed by atoms with Crippen LogP contribution in [0, 0.1) is 0 Å². The van der Waals surface area contributed by atoms with Crippen LogP contribution in [-0.2, 0) is 9.59 Å². The molecule has 0 aromatic heterocycles. The molecule has 38 heavy (non-hydrogen) atoms. The van der Waals surface area contributed by atoms with E-state index in [2.05, 4.69) is 15.8 Å².